The van der Waals surface area contributed by atoms with Crippen LogP contribution in [0.4, 0.5) is 11.5 Å². The van der Waals surface area contributed by atoms with Crippen LogP contribution in [0.1, 0.15) is 29.1 Å². The molecule has 7 heteroatoms. The molecular formula is C21H27N5O2. The second-order valence-electron chi connectivity index (χ2n) is 7.57. The molecule has 1 fully saturated rings. The molecule has 1 aliphatic heterocycles. The second kappa shape index (κ2) is 7.96. The summed E-state index contributed by atoms with van der Waals surface area (Å²) in [6.45, 7) is 6.60. The van der Waals surface area contributed by atoms with Gasteiger partial charge < -0.3 is 15.1 Å². The molecule has 0 aliphatic carbocycles. The predicted octanol–water partition coefficient (Wildman–Crippen LogP) is 2.14. The van der Waals surface area contributed by atoms with E-state index in [2.05, 4.69) is 15.3 Å². The van der Waals surface area contributed by atoms with Crippen LogP contribution in [0.2, 0.25) is 0 Å². The SMILES string of the molecule is Cc1cc(N(C)C)nc(CNC(=O)C2CC(=O)N(c3ccc(C)c(C)c3)C2)n1. The monoisotopic (exact) mass is 381 g/mol. The van der Waals surface area contributed by atoms with E-state index in [4.69, 9.17) is 0 Å². The lowest BCUT2D eigenvalue weighted by atomic mass is 10.1. The largest absolute Gasteiger partial charge is 0.363 e. The maximum Gasteiger partial charge on any atom is 0.227 e. The Labute approximate surface area is 165 Å². The molecule has 1 saturated heterocycles. The van der Waals surface area contributed by atoms with Crippen LogP contribution >= 0.6 is 0 Å². The third-order valence-corrected chi connectivity index (χ3v) is 5.06. The van der Waals surface area contributed by atoms with Crippen LogP contribution < -0.4 is 15.1 Å². The minimum atomic E-state index is -0.368. The number of rotatable bonds is 5. The smallest absolute Gasteiger partial charge is 0.227 e. The summed E-state index contributed by atoms with van der Waals surface area (Å²) in [6, 6.07) is 7.83. The van der Waals surface area contributed by atoms with Gasteiger partial charge in [0.15, 0.2) is 0 Å². The van der Waals surface area contributed by atoms with Crippen molar-refractivity contribution in [3.8, 4) is 0 Å². The van der Waals surface area contributed by atoms with Crippen LogP contribution in [-0.2, 0) is 16.1 Å². The number of carbonyl (C=O) groups excluding carboxylic acids is 2. The fraction of sp³-hybridized carbons (Fsp3) is 0.429. The topological polar surface area (TPSA) is 78.4 Å². The molecule has 1 unspecified atom stereocenters. The first-order chi connectivity index (χ1) is 13.2. The van der Waals surface area contributed by atoms with Gasteiger partial charge in [-0.2, -0.15) is 0 Å². The van der Waals surface area contributed by atoms with Crippen LogP contribution in [0.25, 0.3) is 0 Å². The van der Waals surface area contributed by atoms with E-state index in [0.29, 0.717) is 12.4 Å². The standard InChI is InChI=1S/C21H27N5O2/c1-13-6-7-17(8-14(13)2)26-12-16(10-20(26)27)21(28)22-11-18-23-15(3)9-19(24-18)25(4)5/h6-9,16H,10-12H2,1-5H3,(H,22,28). The van der Waals surface area contributed by atoms with Gasteiger partial charge in [-0.05, 0) is 44.0 Å². The third-order valence-electron chi connectivity index (χ3n) is 5.06. The van der Waals surface area contributed by atoms with Crippen molar-refractivity contribution in [1.29, 1.82) is 0 Å². The highest BCUT2D eigenvalue weighted by molar-refractivity contribution is 6.00. The molecule has 7 nitrogen and oxygen atoms in total. The van der Waals surface area contributed by atoms with E-state index in [1.165, 1.54) is 5.56 Å². The summed E-state index contributed by atoms with van der Waals surface area (Å²) in [7, 11) is 3.82. The van der Waals surface area contributed by atoms with Crippen LogP contribution in [0.15, 0.2) is 24.3 Å². The van der Waals surface area contributed by atoms with Gasteiger partial charge in [0.2, 0.25) is 11.8 Å². The van der Waals surface area contributed by atoms with Gasteiger partial charge in [0.25, 0.3) is 0 Å². The number of amides is 2. The Kier molecular flexibility index (Phi) is 5.63. The number of aryl methyl sites for hydroxylation is 3. The Balaban J connectivity index is 1.64. The molecule has 2 amide bonds. The van der Waals surface area contributed by atoms with E-state index in [9.17, 15) is 9.59 Å². The first-order valence-corrected chi connectivity index (χ1v) is 9.42. The average molecular weight is 381 g/mol. The zero-order valence-electron chi connectivity index (χ0n) is 17.1. The summed E-state index contributed by atoms with van der Waals surface area (Å²) >= 11 is 0. The molecule has 28 heavy (non-hydrogen) atoms. The lowest BCUT2D eigenvalue weighted by Gasteiger charge is -2.18. The maximum absolute atomic E-state index is 12.6. The average Bonchev–Trinajstić information content (AvgIpc) is 3.03. The number of aromatic nitrogens is 2. The van der Waals surface area contributed by atoms with E-state index in [0.717, 1.165) is 22.8 Å². The quantitative estimate of drug-likeness (QED) is 0.858. The molecule has 1 atom stereocenters. The highest BCUT2D eigenvalue weighted by atomic mass is 16.2. The number of nitrogens with zero attached hydrogens (tertiary/aromatic N) is 4. The van der Waals surface area contributed by atoms with Gasteiger partial charge in [-0.25, -0.2) is 9.97 Å². The summed E-state index contributed by atoms with van der Waals surface area (Å²) < 4.78 is 0. The number of benzene rings is 1. The summed E-state index contributed by atoms with van der Waals surface area (Å²) in [5, 5.41) is 2.89. The van der Waals surface area contributed by atoms with E-state index in [1.807, 2.05) is 64.0 Å². The van der Waals surface area contributed by atoms with Crippen molar-refractivity contribution in [2.45, 2.75) is 33.7 Å². The number of anilines is 2. The highest BCUT2D eigenvalue weighted by Crippen LogP contribution is 2.27. The Bertz CT molecular complexity index is 910. The van der Waals surface area contributed by atoms with Crippen molar-refractivity contribution in [3.63, 3.8) is 0 Å². The molecule has 1 aromatic heterocycles. The summed E-state index contributed by atoms with van der Waals surface area (Å²) in [6.07, 6.45) is 0.219. The van der Waals surface area contributed by atoms with Crippen molar-refractivity contribution in [1.82, 2.24) is 15.3 Å². The zero-order valence-corrected chi connectivity index (χ0v) is 17.1. The summed E-state index contributed by atoms with van der Waals surface area (Å²) in [4.78, 5) is 37.5. The highest BCUT2D eigenvalue weighted by Gasteiger charge is 2.35. The minimum Gasteiger partial charge on any atom is -0.363 e. The molecule has 148 valence electrons. The zero-order chi connectivity index (χ0) is 20.4. The lowest BCUT2D eigenvalue weighted by molar-refractivity contribution is -0.126. The van der Waals surface area contributed by atoms with E-state index in [-0.39, 0.29) is 30.7 Å². The second-order valence-corrected chi connectivity index (χ2v) is 7.57. The fourth-order valence-corrected chi connectivity index (χ4v) is 3.26. The van der Waals surface area contributed by atoms with Gasteiger partial charge in [0.05, 0.1) is 12.5 Å². The molecule has 3 rings (SSSR count). The molecule has 1 N–H and O–H groups in total. The fourth-order valence-electron chi connectivity index (χ4n) is 3.26. The van der Waals surface area contributed by atoms with Crippen molar-refractivity contribution in [2.24, 2.45) is 5.92 Å². The van der Waals surface area contributed by atoms with Crippen LogP contribution in [0, 0.1) is 26.7 Å². The summed E-state index contributed by atoms with van der Waals surface area (Å²) in [5.74, 6) is 0.828. The van der Waals surface area contributed by atoms with Gasteiger partial charge in [-0.15, -0.1) is 0 Å². The van der Waals surface area contributed by atoms with Gasteiger partial charge >= 0.3 is 0 Å². The van der Waals surface area contributed by atoms with Crippen molar-refractivity contribution in [2.75, 3.05) is 30.4 Å². The Morgan fingerprint density at radius 2 is 1.93 bits per heavy atom. The van der Waals surface area contributed by atoms with E-state index >= 15 is 0 Å². The molecule has 2 aromatic rings. The number of carbonyl (C=O) groups is 2. The molecule has 0 bridgehead atoms. The lowest BCUT2D eigenvalue weighted by Crippen LogP contribution is -2.33. The molecule has 0 saturated carbocycles. The van der Waals surface area contributed by atoms with Crippen LogP contribution in [-0.4, -0.2) is 42.4 Å². The predicted molar refractivity (Wildman–Crippen MR) is 109 cm³/mol. The van der Waals surface area contributed by atoms with Crippen LogP contribution in [0.5, 0.6) is 0 Å². The van der Waals surface area contributed by atoms with Gasteiger partial charge in [0.1, 0.15) is 11.6 Å². The first kappa shape index (κ1) is 19.8. The Morgan fingerprint density at radius 1 is 1.18 bits per heavy atom. The number of hydrogen-bond acceptors (Lipinski definition) is 5. The van der Waals surface area contributed by atoms with Gasteiger partial charge in [-0.3, -0.25) is 9.59 Å². The van der Waals surface area contributed by atoms with E-state index < -0.39 is 0 Å². The normalized spacial score (nSPS) is 16.4. The molecule has 0 radical (unpaired) electrons. The van der Waals surface area contributed by atoms with Crippen molar-refractivity contribution in [3.05, 3.63) is 46.9 Å². The molecule has 2 heterocycles. The van der Waals surface area contributed by atoms with E-state index in [1.54, 1.807) is 4.90 Å². The molecule has 0 spiro atoms. The third kappa shape index (κ3) is 4.30. The van der Waals surface area contributed by atoms with Gasteiger partial charge in [-0.1, -0.05) is 6.07 Å². The van der Waals surface area contributed by atoms with Crippen molar-refractivity contribution < 1.29 is 9.59 Å². The van der Waals surface area contributed by atoms with Crippen molar-refractivity contribution >= 4 is 23.3 Å². The Morgan fingerprint density at radius 3 is 2.61 bits per heavy atom. The first-order valence-electron chi connectivity index (χ1n) is 9.42. The minimum absolute atomic E-state index is 0.0231. The number of hydrogen-bond donors (Lipinski definition) is 1. The molecule has 1 aromatic carbocycles. The molecular weight excluding hydrogens is 354 g/mol. The Hall–Kier alpha value is -2.96. The van der Waals surface area contributed by atoms with Crippen LogP contribution in [0.3, 0.4) is 0 Å². The van der Waals surface area contributed by atoms with Gasteiger partial charge in [0, 0.05) is 44.5 Å². The number of nitrogens with one attached hydrogen (secondary N) is 1. The summed E-state index contributed by atoms with van der Waals surface area (Å²) in [5.41, 5.74) is 4.01. The maximum atomic E-state index is 12.6. The molecule has 1 aliphatic rings.